The molecule has 0 radical (unpaired) electrons. The van der Waals surface area contributed by atoms with Gasteiger partial charge in [-0.2, -0.15) is 0 Å². The fourth-order valence-corrected chi connectivity index (χ4v) is 11.5. The van der Waals surface area contributed by atoms with Gasteiger partial charge < -0.3 is 4.74 Å². The van der Waals surface area contributed by atoms with E-state index in [4.69, 9.17) is 4.74 Å². The molecule has 5 aliphatic carbocycles. The number of ether oxygens (including phenoxy) is 1. The molecule has 4 fully saturated rings. The van der Waals surface area contributed by atoms with Gasteiger partial charge in [-0.15, -0.1) is 0 Å². The molecule has 0 saturated heterocycles. The molecule has 0 spiro atoms. The van der Waals surface area contributed by atoms with E-state index < -0.39 is 5.60 Å². The predicted molar refractivity (Wildman–Crippen MR) is 166 cm³/mol. The second-order valence-corrected chi connectivity index (χ2v) is 16.8. The van der Waals surface area contributed by atoms with Crippen LogP contribution in [0.2, 0.25) is 0 Å². The van der Waals surface area contributed by atoms with E-state index in [2.05, 4.69) is 52.8 Å². The van der Waals surface area contributed by atoms with E-state index in [1.807, 2.05) is 32.9 Å². The number of hydrogen-bond acceptors (Lipinski definition) is 2. The van der Waals surface area contributed by atoms with Crippen molar-refractivity contribution in [3.8, 4) is 0 Å². The average molecular weight is 545 g/mol. The van der Waals surface area contributed by atoms with Gasteiger partial charge in [0.1, 0.15) is 5.60 Å². The molecule has 0 bridgehead atoms. The summed E-state index contributed by atoms with van der Waals surface area (Å²) in [5.41, 5.74) is 3.68. The van der Waals surface area contributed by atoms with Gasteiger partial charge in [-0.25, -0.2) is 4.79 Å². The predicted octanol–water partition coefficient (Wildman–Crippen LogP) is 10.2. The molecule has 6 rings (SSSR count). The first-order chi connectivity index (χ1) is 18.8. The maximum absolute atomic E-state index is 12.6. The van der Waals surface area contributed by atoms with Crippen LogP contribution in [0.25, 0.3) is 5.57 Å². The number of carbonyl (C=O) groups excluding carboxylic acids is 1. The van der Waals surface area contributed by atoms with Gasteiger partial charge in [0.25, 0.3) is 0 Å². The minimum Gasteiger partial charge on any atom is -0.456 e. The molecule has 5 aliphatic rings. The summed E-state index contributed by atoms with van der Waals surface area (Å²) in [6.07, 6.45) is 15.6. The second-order valence-electron chi connectivity index (χ2n) is 16.8. The Labute approximate surface area is 245 Å². The molecular weight excluding hydrogens is 488 g/mol. The van der Waals surface area contributed by atoms with Crippen LogP contribution >= 0.6 is 0 Å². The lowest BCUT2D eigenvalue weighted by Gasteiger charge is -2.63. The summed E-state index contributed by atoms with van der Waals surface area (Å²) in [5.74, 6) is 8.03. The Bertz CT molecular complexity index is 1130. The monoisotopic (exact) mass is 544 g/mol. The molecule has 0 heterocycles. The average Bonchev–Trinajstić information content (AvgIpc) is 3.32. The van der Waals surface area contributed by atoms with E-state index in [9.17, 15) is 4.79 Å². The Hall–Kier alpha value is -1.57. The molecule has 4 saturated carbocycles. The summed E-state index contributed by atoms with van der Waals surface area (Å²) in [4.78, 5) is 12.6. The van der Waals surface area contributed by atoms with Gasteiger partial charge in [0.2, 0.25) is 0 Å². The summed E-state index contributed by atoms with van der Waals surface area (Å²) in [7, 11) is 0. The Balaban J connectivity index is 1.22. The summed E-state index contributed by atoms with van der Waals surface area (Å²) >= 11 is 0. The van der Waals surface area contributed by atoms with Crippen molar-refractivity contribution in [3.63, 3.8) is 0 Å². The highest BCUT2D eigenvalue weighted by Crippen LogP contribution is 2.69. The van der Waals surface area contributed by atoms with Crippen LogP contribution in [-0.4, -0.2) is 11.6 Å². The standard InChI is InChI=1S/C38H56O2/c1-23(2)27-14-13-25-21-22-38(8)32-20-19-31-28(29(32)16-18-33(38)34(25)27)15-17-30(37(31,6)7)24-9-11-26(12-10-24)35(39)40-36(3,4)5/h9-12,17,23,25,27-29,31-34H,13-16,18-22H2,1-8H3/t25?,27-,28?,29+,31+,32?,33?,34+,38-/m0/s1. The molecule has 220 valence electrons. The molecule has 0 aromatic heterocycles. The number of allylic oxidation sites excluding steroid dienone is 2. The van der Waals surface area contributed by atoms with Gasteiger partial charge in [-0.05, 0) is 166 Å². The van der Waals surface area contributed by atoms with Gasteiger partial charge in [-0.1, -0.05) is 52.8 Å². The molecule has 40 heavy (non-hydrogen) atoms. The lowest BCUT2D eigenvalue weighted by molar-refractivity contribution is -0.135. The van der Waals surface area contributed by atoms with Crippen LogP contribution in [0, 0.1) is 64.1 Å². The van der Waals surface area contributed by atoms with Gasteiger partial charge in [-0.3, -0.25) is 0 Å². The molecule has 0 amide bonds. The van der Waals surface area contributed by atoms with E-state index in [0.29, 0.717) is 11.0 Å². The zero-order valence-electron chi connectivity index (χ0n) is 26.8. The lowest BCUT2D eigenvalue weighted by Crippen LogP contribution is -2.56. The van der Waals surface area contributed by atoms with Gasteiger partial charge in [0.15, 0.2) is 0 Å². The second kappa shape index (κ2) is 10.0. The minimum atomic E-state index is -0.472. The highest BCUT2D eigenvalue weighted by molar-refractivity contribution is 5.90. The number of benzene rings is 1. The molecule has 0 aliphatic heterocycles. The molecular formula is C38H56O2. The highest BCUT2D eigenvalue weighted by atomic mass is 16.6. The van der Waals surface area contributed by atoms with Gasteiger partial charge in [0, 0.05) is 0 Å². The number of rotatable bonds is 3. The quantitative estimate of drug-likeness (QED) is 0.354. The smallest absolute Gasteiger partial charge is 0.338 e. The topological polar surface area (TPSA) is 26.3 Å². The van der Waals surface area contributed by atoms with Crippen LogP contribution in [0.15, 0.2) is 30.3 Å². The molecule has 1 aromatic carbocycles. The number of fused-ring (bicyclic) bond motifs is 7. The van der Waals surface area contributed by atoms with Crippen LogP contribution in [0.1, 0.15) is 129 Å². The van der Waals surface area contributed by atoms with E-state index in [1.165, 1.54) is 68.9 Å². The van der Waals surface area contributed by atoms with Crippen molar-refractivity contribution in [2.24, 2.45) is 64.1 Å². The van der Waals surface area contributed by atoms with Crippen LogP contribution in [0.4, 0.5) is 0 Å². The third-order valence-electron chi connectivity index (χ3n) is 13.2. The van der Waals surface area contributed by atoms with Gasteiger partial charge >= 0.3 is 5.97 Å². The maximum Gasteiger partial charge on any atom is 0.338 e. The first-order valence-corrected chi connectivity index (χ1v) is 16.9. The molecule has 4 unspecified atom stereocenters. The van der Waals surface area contributed by atoms with E-state index in [1.54, 1.807) is 0 Å². The fraction of sp³-hybridized carbons (Fsp3) is 0.763. The highest BCUT2D eigenvalue weighted by Gasteiger charge is 2.61. The molecule has 1 aromatic rings. The van der Waals surface area contributed by atoms with Crippen molar-refractivity contribution >= 4 is 11.5 Å². The first kappa shape index (κ1) is 28.5. The summed E-state index contributed by atoms with van der Waals surface area (Å²) in [6.45, 7) is 18.6. The minimum absolute atomic E-state index is 0.158. The summed E-state index contributed by atoms with van der Waals surface area (Å²) < 4.78 is 5.60. The summed E-state index contributed by atoms with van der Waals surface area (Å²) in [5, 5.41) is 0. The zero-order chi connectivity index (χ0) is 28.6. The van der Waals surface area contributed by atoms with Crippen LogP contribution in [0.3, 0.4) is 0 Å². The normalized spacial score (nSPS) is 40.4. The van der Waals surface area contributed by atoms with Crippen molar-refractivity contribution in [1.29, 1.82) is 0 Å². The molecule has 2 heteroatoms. The van der Waals surface area contributed by atoms with Crippen molar-refractivity contribution < 1.29 is 9.53 Å². The molecule has 9 atom stereocenters. The lowest BCUT2D eigenvalue weighted by atomic mass is 9.41. The number of carbonyl (C=O) groups is 1. The molecule has 2 nitrogen and oxygen atoms in total. The maximum atomic E-state index is 12.6. The van der Waals surface area contributed by atoms with Crippen LogP contribution in [-0.2, 0) is 4.74 Å². The van der Waals surface area contributed by atoms with Crippen molar-refractivity contribution in [2.75, 3.05) is 0 Å². The first-order valence-electron chi connectivity index (χ1n) is 16.9. The largest absolute Gasteiger partial charge is 0.456 e. The SMILES string of the molecule is CC(C)[C@@H]1CCC2CC[C@@]3(C)C4CC[C@@H]5C(CC=C(c6ccc(C(=O)OC(C)(C)C)cc6)C5(C)C)[C@H]4CCC3[C@H]21. The van der Waals surface area contributed by atoms with Crippen molar-refractivity contribution in [3.05, 3.63) is 41.5 Å². The van der Waals surface area contributed by atoms with Crippen molar-refractivity contribution in [1.82, 2.24) is 0 Å². The third kappa shape index (κ3) is 4.63. The number of hydrogen-bond donors (Lipinski definition) is 0. The van der Waals surface area contributed by atoms with Crippen molar-refractivity contribution in [2.45, 2.75) is 119 Å². The van der Waals surface area contributed by atoms with Gasteiger partial charge in [0.05, 0.1) is 5.56 Å². The fourth-order valence-electron chi connectivity index (χ4n) is 11.5. The van der Waals surface area contributed by atoms with E-state index in [0.717, 1.165) is 53.3 Å². The molecule has 0 N–H and O–H groups in total. The Morgan fingerprint density at radius 2 is 1.52 bits per heavy atom. The third-order valence-corrected chi connectivity index (χ3v) is 13.2. The van der Waals surface area contributed by atoms with E-state index >= 15 is 0 Å². The summed E-state index contributed by atoms with van der Waals surface area (Å²) in [6, 6.07) is 8.26. The Kier molecular flexibility index (Phi) is 7.15. The Morgan fingerprint density at radius 1 is 0.850 bits per heavy atom. The number of esters is 1. The van der Waals surface area contributed by atoms with E-state index in [-0.39, 0.29) is 11.4 Å². The van der Waals surface area contributed by atoms with Crippen LogP contribution < -0.4 is 0 Å². The Morgan fingerprint density at radius 3 is 2.20 bits per heavy atom. The zero-order valence-corrected chi connectivity index (χ0v) is 26.8. The van der Waals surface area contributed by atoms with Crippen LogP contribution in [0.5, 0.6) is 0 Å².